The Morgan fingerprint density at radius 3 is 1.88 bits per heavy atom. The average molecular weight is 341 g/mol. The highest BCUT2D eigenvalue weighted by Gasteiger charge is 2.51. The van der Waals surface area contributed by atoms with Gasteiger partial charge in [-0.3, -0.25) is 9.59 Å². The molecular weight excluding hydrogens is 314 g/mol. The number of carbonyl (C=O) groups is 2. The molecule has 2 heterocycles. The van der Waals surface area contributed by atoms with Crippen molar-refractivity contribution < 1.29 is 9.59 Å². The SMILES string of the molecule is O=C(C1CC1C(=O)N1CCN(c2ccccc2)CC1)N1CCCCC1. The summed E-state index contributed by atoms with van der Waals surface area (Å²) >= 11 is 0. The zero-order chi connectivity index (χ0) is 17.2. The summed E-state index contributed by atoms with van der Waals surface area (Å²) in [5, 5.41) is 0. The molecule has 25 heavy (non-hydrogen) atoms. The number of hydrogen-bond donors (Lipinski definition) is 0. The molecule has 1 aromatic rings. The van der Waals surface area contributed by atoms with Crippen LogP contribution in [0.1, 0.15) is 25.7 Å². The Morgan fingerprint density at radius 1 is 0.720 bits per heavy atom. The molecule has 5 heteroatoms. The maximum absolute atomic E-state index is 12.7. The highest BCUT2D eigenvalue weighted by Crippen LogP contribution is 2.42. The Bertz CT molecular complexity index is 619. The summed E-state index contributed by atoms with van der Waals surface area (Å²) in [5.74, 6) is 0.319. The smallest absolute Gasteiger partial charge is 0.226 e. The van der Waals surface area contributed by atoms with Crippen molar-refractivity contribution in [1.29, 1.82) is 0 Å². The van der Waals surface area contributed by atoms with E-state index in [0.717, 1.165) is 58.5 Å². The fourth-order valence-electron chi connectivity index (χ4n) is 4.15. The minimum absolute atomic E-state index is 0.0437. The van der Waals surface area contributed by atoms with Crippen LogP contribution in [-0.4, -0.2) is 60.9 Å². The number of piperidine rings is 1. The van der Waals surface area contributed by atoms with Crippen LogP contribution >= 0.6 is 0 Å². The molecule has 2 saturated heterocycles. The van der Waals surface area contributed by atoms with E-state index in [2.05, 4.69) is 17.0 Å². The molecule has 1 aromatic carbocycles. The number of hydrogen-bond acceptors (Lipinski definition) is 3. The fourth-order valence-corrected chi connectivity index (χ4v) is 4.15. The van der Waals surface area contributed by atoms with Gasteiger partial charge in [0.1, 0.15) is 0 Å². The Balaban J connectivity index is 1.28. The van der Waals surface area contributed by atoms with Gasteiger partial charge in [-0.05, 0) is 37.8 Å². The molecule has 134 valence electrons. The van der Waals surface area contributed by atoms with Gasteiger partial charge >= 0.3 is 0 Å². The number of benzene rings is 1. The van der Waals surface area contributed by atoms with Crippen molar-refractivity contribution in [2.24, 2.45) is 11.8 Å². The number of nitrogens with zero attached hydrogens (tertiary/aromatic N) is 3. The van der Waals surface area contributed by atoms with Crippen molar-refractivity contribution in [3.8, 4) is 0 Å². The Labute approximate surface area is 149 Å². The van der Waals surface area contributed by atoms with Crippen LogP contribution in [-0.2, 0) is 9.59 Å². The minimum atomic E-state index is -0.0577. The molecule has 2 unspecified atom stereocenters. The van der Waals surface area contributed by atoms with Gasteiger partial charge in [-0.1, -0.05) is 18.2 Å². The standard InChI is InChI=1S/C20H27N3O2/c24-19(22-9-5-2-6-10-22)17-15-18(17)20(25)23-13-11-21(12-14-23)16-7-3-1-4-8-16/h1,3-4,7-8,17-18H,2,5-6,9-15H2. The first-order valence-electron chi connectivity index (χ1n) is 9.61. The van der Waals surface area contributed by atoms with Gasteiger partial charge in [-0.15, -0.1) is 0 Å². The maximum Gasteiger partial charge on any atom is 0.226 e. The van der Waals surface area contributed by atoms with Gasteiger partial charge < -0.3 is 14.7 Å². The van der Waals surface area contributed by atoms with E-state index >= 15 is 0 Å². The predicted molar refractivity (Wildman–Crippen MR) is 97.3 cm³/mol. The number of likely N-dealkylation sites (tertiary alicyclic amines) is 1. The summed E-state index contributed by atoms with van der Waals surface area (Å²) in [4.78, 5) is 31.6. The molecular formula is C20H27N3O2. The second-order valence-corrected chi connectivity index (χ2v) is 7.48. The van der Waals surface area contributed by atoms with Crippen LogP contribution < -0.4 is 4.90 Å². The number of rotatable bonds is 3. The van der Waals surface area contributed by atoms with Gasteiger partial charge in [0.2, 0.25) is 11.8 Å². The lowest BCUT2D eigenvalue weighted by Crippen LogP contribution is -2.49. The van der Waals surface area contributed by atoms with E-state index < -0.39 is 0 Å². The van der Waals surface area contributed by atoms with Crippen molar-refractivity contribution in [1.82, 2.24) is 9.80 Å². The van der Waals surface area contributed by atoms with Crippen LogP contribution in [0, 0.1) is 11.8 Å². The van der Waals surface area contributed by atoms with E-state index in [1.54, 1.807) is 0 Å². The van der Waals surface area contributed by atoms with Gasteiger partial charge in [0.05, 0.1) is 11.8 Å². The lowest BCUT2D eigenvalue weighted by atomic mass is 10.1. The van der Waals surface area contributed by atoms with Gasteiger partial charge in [0.15, 0.2) is 0 Å². The largest absolute Gasteiger partial charge is 0.368 e. The number of piperazine rings is 1. The lowest BCUT2D eigenvalue weighted by molar-refractivity contribution is -0.138. The number of para-hydroxylation sites is 1. The minimum Gasteiger partial charge on any atom is -0.368 e. The summed E-state index contributed by atoms with van der Waals surface area (Å²) in [6.07, 6.45) is 4.20. The molecule has 0 bridgehead atoms. The normalized spacial score (nSPS) is 26.5. The van der Waals surface area contributed by atoms with Crippen LogP contribution in [0.25, 0.3) is 0 Å². The molecule has 2 atom stereocenters. The van der Waals surface area contributed by atoms with E-state index in [9.17, 15) is 9.59 Å². The zero-order valence-electron chi connectivity index (χ0n) is 14.8. The Kier molecular flexibility index (Phi) is 4.64. The molecule has 3 fully saturated rings. The molecule has 0 radical (unpaired) electrons. The van der Waals surface area contributed by atoms with Crippen LogP contribution in [0.3, 0.4) is 0 Å². The second kappa shape index (κ2) is 7.06. The van der Waals surface area contributed by atoms with Crippen molar-refractivity contribution in [2.45, 2.75) is 25.7 Å². The third kappa shape index (κ3) is 3.51. The highest BCUT2D eigenvalue weighted by atomic mass is 16.2. The maximum atomic E-state index is 12.7. The van der Waals surface area contributed by atoms with Crippen LogP contribution in [0.15, 0.2) is 30.3 Å². The fraction of sp³-hybridized carbons (Fsp3) is 0.600. The van der Waals surface area contributed by atoms with E-state index in [4.69, 9.17) is 0 Å². The van der Waals surface area contributed by atoms with E-state index in [1.165, 1.54) is 12.1 Å². The van der Waals surface area contributed by atoms with Crippen LogP contribution in [0.5, 0.6) is 0 Å². The monoisotopic (exact) mass is 341 g/mol. The third-order valence-electron chi connectivity index (χ3n) is 5.81. The van der Waals surface area contributed by atoms with Crippen LogP contribution in [0.4, 0.5) is 5.69 Å². The number of anilines is 1. The number of carbonyl (C=O) groups excluding carboxylic acids is 2. The van der Waals surface area contributed by atoms with Crippen LogP contribution in [0.2, 0.25) is 0 Å². The summed E-state index contributed by atoms with van der Waals surface area (Å²) in [5.41, 5.74) is 1.22. The first-order valence-corrected chi connectivity index (χ1v) is 9.61. The van der Waals surface area contributed by atoms with E-state index in [1.807, 2.05) is 28.0 Å². The number of amides is 2. The van der Waals surface area contributed by atoms with Gasteiger partial charge in [0, 0.05) is 45.0 Å². The highest BCUT2D eigenvalue weighted by molar-refractivity contribution is 5.92. The second-order valence-electron chi connectivity index (χ2n) is 7.48. The quantitative estimate of drug-likeness (QED) is 0.844. The van der Waals surface area contributed by atoms with Crippen molar-refractivity contribution in [2.75, 3.05) is 44.2 Å². The third-order valence-corrected chi connectivity index (χ3v) is 5.81. The first-order chi connectivity index (χ1) is 12.2. The molecule has 0 N–H and O–H groups in total. The summed E-state index contributed by atoms with van der Waals surface area (Å²) in [6, 6.07) is 10.4. The molecule has 1 aliphatic carbocycles. The topological polar surface area (TPSA) is 43.9 Å². The molecule has 0 aromatic heterocycles. The molecule has 0 spiro atoms. The Hall–Kier alpha value is -2.04. The van der Waals surface area contributed by atoms with E-state index in [-0.39, 0.29) is 23.7 Å². The van der Waals surface area contributed by atoms with Crippen molar-refractivity contribution in [3.05, 3.63) is 30.3 Å². The van der Waals surface area contributed by atoms with Gasteiger partial charge in [-0.25, -0.2) is 0 Å². The molecule has 2 amide bonds. The lowest BCUT2D eigenvalue weighted by Gasteiger charge is -2.36. The summed E-state index contributed by atoms with van der Waals surface area (Å²) < 4.78 is 0. The first kappa shape index (κ1) is 16.4. The summed E-state index contributed by atoms with van der Waals surface area (Å²) in [6.45, 7) is 5.02. The molecule has 3 aliphatic rings. The average Bonchev–Trinajstić information content (AvgIpc) is 3.49. The van der Waals surface area contributed by atoms with Gasteiger partial charge in [-0.2, -0.15) is 0 Å². The Morgan fingerprint density at radius 2 is 1.28 bits per heavy atom. The molecule has 5 nitrogen and oxygen atoms in total. The zero-order valence-corrected chi connectivity index (χ0v) is 14.8. The molecule has 4 rings (SSSR count). The summed E-state index contributed by atoms with van der Waals surface area (Å²) in [7, 11) is 0. The van der Waals surface area contributed by atoms with Gasteiger partial charge in [0.25, 0.3) is 0 Å². The van der Waals surface area contributed by atoms with E-state index in [0.29, 0.717) is 0 Å². The van der Waals surface area contributed by atoms with Crippen molar-refractivity contribution in [3.63, 3.8) is 0 Å². The predicted octanol–water partition coefficient (Wildman–Crippen LogP) is 1.98. The van der Waals surface area contributed by atoms with Crippen molar-refractivity contribution >= 4 is 17.5 Å². The molecule has 2 aliphatic heterocycles. The molecule has 1 saturated carbocycles.